The number of ether oxygens (including phenoxy) is 1. The number of rotatable bonds is 14. The smallest absolute Gasteiger partial charge is 0.119 e. The van der Waals surface area contributed by atoms with Gasteiger partial charge in [0, 0.05) is 17.5 Å². The Bertz CT molecular complexity index is 632. The van der Waals surface area contributed by atoms with E-state index in [2.05, 4.69) is 62.2 Å². The zero-order valence-corrected chi connectivity index (χ0v) is 18.3. The van der Waals surface area contributed by atoms with E-state index >= 15 is 0 Å². The summed E-state index contributed by atoms with van der Waals surface area (Å²) < 4.78 is 6.06. The molecule has 0 saturated carbocycles. The van der Waals surface area contributed by atoms with Crippen molar-refractivity contribution in [3.8, 4) is 16.9 Å². The van der Waals surface area contributed by atoms with Gasteiger partial charge in [-0.05, 0) is 56.4 Å². The molecule has 1 unspecified atom stereocenters. The highest BCUT2D eigenvalue weighted by atomic mass is 16.5. The molecule has 0 radical (unpaired) electrons. The summed E-state index contributed by atoms with van der Waals surface area (Å²) in [5, 5.41) is 0. The van der Waals surface area contributed by atoms with Crippen LogP contribution in [0.3, 0.4) is 0 Å². The Hall–Kier alpha value is -1.83. The third kappa shape index (κ3) is 8.46. The Morgan fingerprint density at radius 1 is 0.750 bits per heavy atom. The van der Waals surface area contributed by atoms with Crippen LogP contribution < -0.4 is 4.74 Å². The zero-order valence-electron chi connectivity index (χ0n) is 18.3. The van der Waals surface area contributed by atoms with Gasteiger partial charge >= 0.3 is 0 Å². The highest BCUT2D eigenvalue weighted by Gasteiger charge is 2.05. The van der Waals surface area contributed by atoms with Crippen LogP contribution in [0.4, 0.5) is 0 Å². The largest absolute Gasteiger partial charge is 0.491 e. The van der Waals surface area contributed by atoms with Gasteiger partial charge in [0.15, 0.2) is 0 Å². The molecule has 0 bridgehead atoms. The summed E-state index contributed by atoms with van der Waals surface area (Å²) in [6, 6.07) is 12.8. The van der Waals surface area contributed by atoms with Crippen molar-refractivity contribution in [1.29, 1.82) is 0 Å². The summed E-state index contributed by atoms with van der Waals surface area (Å²) in [5.41, 5.74) is 3.58. The van der Waals surface area contributed by atoms with E-state index in [1.165, 1.54) is 74.6 Å². The lowest BCUT2D eigenvalue weighted by Gasteiger charge is -2.15. The van der Waals surface area contributed by atoms with Gasteiger partial charge < -0.3 is 4.74 Å². The Morgan fingerprint density at radius 3 is 2.04 bits per heavy atom. The molecular weight excluding hydrogens is 342 g/mol. The normalized spacial score (nSPS) is 12.1. The molecule has 0 saturated heterocycles. The average Bonchev–Trinajstić information content (AvgIpc) is 2.72. The quantitative estimate of drug-likeness (QED) is 0.309. The van der Waals surface area contributed by atoms with E-state index in [1.54, 1.807) is 0 Å². The molecule has 0 aliphatic heterocycles. The van der Waals surface area contributed by atoms with Gasteiger partial charge in [-0.25, -0.2) is 0 Å². The van der Waals surface area contributed by atoms with E-state index in [-0.39, 0.29) is 6.10 Å². The van der Waals surface area contributed by atoms with Crippen molar-refractivity contribution >= 4 is 0 Å². The molecule has 2 heteroatoms. The van der Waals surface area contributed by atoms with Gasteiger partial charge in [-0.3, -0.25) is 4.98 Å². The summed E-state index contributed by atoms with van der Waals surface area (Å²) in [7, 11) is 0. The molecule has 0 aliphatic carbocycles. The zero-order chi connectivity index (χ0) is 20.0. The van der Waals surface area contributed by atoms with Gasteiger partial charge in [0.2, 0.25) is 0 Å². The molecule has 1 heterocycles. The second-order valence-electron chi connectivity index (χ2n) is 8.00. The van der Waals surface area contributed by atoms with Crippen molar-refractivity contribution < 1.29 is 4.74 Å². The first-order valence-corrected chi connectivity index (χ1v) is 11.4. The minimum atomic E-state index is 0.279. The minimum absolute atomic E-state index is 0.279. The molecule has 2 rings (SSSR count). The molecular formula is C26H39NO. The lowest BCUT2D eigenvalue weighted by atomic mass is 10.1. The van der Waals surface area contributed by atoms with Gasteiger partial charge in [-0.2, -0.15) is 0 Å². The van der Waals surface area contributed by atoms with Crippen LogP contribution in [-0.2, 0) is 6.42 Å². The van der Waals surface area contributed by atoms with E-state index in [1.807, 2.05) is 6.20 Å². The Labute approximate surface area is 172 Å². The Balaban J connectivity index is 1.79. The first kappa shape index (κ1) is 22.5. The summed E-state index contributed by atoms with van der Waals surface area (Å²) in [5.74, 6) is 0.961. The Kier molecular flexibility index (Phi) is 10.7. The maximum Gasteiger partial charge on any atom is 0.119 e. The van der Waals surface area contributed by atoms with Gasteiger partial charge in [0.25, 0.3) is 0 Å². The fourth-order valence-corrected chi connectivity index (χ4v) is 3.53. The maximum atomic E-state index is 6.06. The fourth-order valence-electron chi connectivity index (χ4n) is 3.53. The van der Waals surface area contributed by atoms with E-state index in [0.29, 0.717) is 0 Å². The molecule has 154 valence electrons. The van der Waals surface area contributed by atoms with E-state index < -0.39 is 0 Å². The van der Waals surface area contributed by atoms with Crippen molar-refractivity contribution in [3.05, 3.63) is 48.3 Å². The van der Waals surface area contributed by atoms with Crippen molar-refractivity contribution in [2.24, 2.45) is 0 Å². The van der Waals surface area contributed by atoms with Gasteiger partial charge in [0.05, 0.1) is 6.10 Å². The van der Waals surface area contributed by atoms with Crippen LogP contribution in [0.1, 0.15) is 90.7 Å². The Morgan fingerprint density at radius 2 is 1.39 bits per heavy atom. The van der Waals surface area contributed by atoms with Gasteiger partial charge in [-0.1, -0.05) is 77.0 Å². The van der Waals surface area contributed by atoms with Crippen LogP contribution in [0.5, 0.6) is 5.75 Å². The number of aromatic nitrogens is 1. The minimum Gasteiger partial charge on any atom is -0.491 e. The predicted octanol–water partition coefficient (Wildman–Crippen LogP) is 8.00. The fraction of sp³-hybridized carbons (Fsp3) is 0.577. The number of unbranched alkanes of at least 4 members (excludes halogenated alkanes) is 7. The molecule has 1 aromatic heterocycles. The maximum absolute atomic E-state index is 6.06. The third-order valence-corrected chi connectivity index (χ3v) is 5.35. The van der Waals surface area contributed by atoms with Crippen molar-refractivity contribution in [2.75, 3.05) is 0 Å². The molecule has 0 spiro atoms. The summed E-state index contributed by atoms with van der Waals surface area (Å²) in [4.78, 5) is 4.66. The van der Waals surface area contributed by atoms with Crippen LogP contribution in [-0.4, -0.2) is 11.1 Å². The monoisotopic (exact) mass is 381 g/mol. The predicted molar refractivity (Wildman–Crippen MR) is 121 cm³/mol. The number of benzene rings is 1. The second-order valence-corrected chi connectivity index (χ2v) is 8.00. The van der Waals surface area contributed by atoms with Crippen LogP contribution in [0, 0.1) is 0 Å². The molecule has 0 amide bonds. The van der Waals surface area contributed by atoms with Crippen LogP contribution in [0.2, 0.25) is 0 Å². The third-order valence-electron chi connectivity index (χ3n) is 5.35. The van der Waals surface area contributed by atoms with Crippen molar-refractivity contribution in [3.63, 3.8) is 0 Å². The van der Waals surface area contributed by atoms with Crippen LogP contribution in [0.15, 0.2) is 42.6 Å². The number of aryl methyl sites for hydroxylation is 1. The molecule has 0 fully saturated rings. The van der Waals surface area contributed by atoms with Crippen molar-refractivity contribution in [2.45, 2.75) is 97.5 Å². The number of hydrogen-bond donors (Lipinski definition) is 0. The van der Waals surface area contributed by atoms with Crippen molar-refractivity contribution in [1.82, 2.24) is 4.98 Å². The number of hydrogen-bond acceptors (Lipinski definition) is 2. The standard InChI is InChI=1S/C26H39NO/c1-4-6-8-10-12-14-25-18-15-24(21-27-25)23-16-19-26(20-17-23)28-22(3)13-11-9-7-5-2/h15-22H,4-14H2,1-3H3. The molecule has 2 nitrogen and oxygen atoms in total. The lowest BCUT2D eigenvalue weighted by molar-refractivity contribution is 0.206. The summed E-state index contributed by atoms with van der Waals surface area (Å²) >= 11 is 0. The van der Waals surface area contributed by atoms with Crippen LogP contribution in [0.25, 0.3) is 11.1 Å². The van der Waals surface area contributed by atoms with Gasteiger partial charge in [0.1, 0.15) is 5.75 Å². The molecule has 0 aliphatic rings. The molecule has 2 aromatic rings. The van der Waals surface area contributed by atoms with E-state index in [9.17, 15) is 0 Å². The first-order chi connectivity index (χ1) is 13.7. The summed E-state index contributed by atoms with van der Waals surface area (Å²) in [6.45, 7) is 6.68. The topological polar surface area (TPSA) is 22.1 Å². The summed E-state index contributed by atoms with van der Waals surface area (Å²) in [6.07, 6.45) is 16.2. The average molecular weight is 382 g/mol. The molecule has 1 aromatic carbocycles. The number of nitrogens with zero attached hydrogens (tertiary/aromatic N) is 1. The number of pyridine rings is 1. The van der Waals surface area contributed by atoms with Crippen LogP contribution >= 0.6 is 0 Å². The molecule has 0 N–H and O–H groups in total. The molecule has 1 atom stereocenters. The van der Waals surface area contributed by atoms with E-state index in [4.69, 9.17) is 4.74 Å². The lowest BCUT2D eigenvalue weighted by Crippen LogP contribution is -2.11. The van der Waals surface area contributed by atoms with E-state index in [0.717, 1.165) is 18.6 Å². The van der Waals surface area contributed by atoms with Gasteiger partial charge in [-0.15, -0.1) is 0 Å². The SMILES string of the molecule is CCCCCCCc1ccc(-c2ccc(OC(C)CCCCCC)cc2)cn1. The highest BCUT2D eigenvalue weighted by Crippen LogP contribution is 2.23. The first-order valence-electron chi connectivity index (χ1n) is 11.4. The second kappa shape index (κ2) is 13.4. The molecule has 28 heavy (non-hydrogen) atoms. The highest BCUT2D eigenvalue weighted by molar-refractivity contribution is 5.63.